The predicted octanol–water partition coefficient (Wildman–Crippen LogP) is 3.00. The molecular weight excluding hydrogens is 479 g/mol. The van der Waals surface area contributed by atoms with Crippen LogP contribution in [0.15, 0.2) is 65.6 Å². The van der Waals surface area contributed by atoms with E-state index in [2.05, 4.69) is 10.6 Å². The van der Waals surface area contributed by atoms with Crippen LogP contribution in [0, 0.1) is 5.82 Å². The van der Waals surface area contributed by atoms with Crippen LogP contribution in [0.3, 0.4) is 0 Å². The molecule has 4 rings (SSSR count). The molecule has 36 heavy (non-hydrogen) atoms. The predicted molar refractivity (Wildman–Crippen MR) is 140 cm³/mol. The van der Waals surface area contributed by atoms with Crippen LogP contribution in [0.2, 0.25) is 0 Å². The minimum absolute atomic E-state index is 0.00557. The Hall–Kier alpha value is -3.43. The summed E-state index contributed by atoms with van der Waals surface area (Å²) in [4.78, 5) is 40.6. The maximum absolute atomic E-state index is 13.7. The third-order valence-corrected chi connectivity index (χ3v) is 7.04. The standard InChI is InChI=1S/C27H29FN4O3S/c28-21-7-8-23-24(17-21)36-14-10-26(34)32(23)13-9-25(33)31-22(27(35)30-12-11-29)16-18-5-6-19-3-1-2-4-20(19)15-18/h1-8,15,17,22H,9-14,16,29H2,(H,30,35)(H,31,33)/t22-/m1/s1. The summed E-state index contributed by atoms with van der Waals surface area (Å²) in [5.41, 5.74) is 7.05. The van der Waals surface area contributed by atoms with Crippen LogP contribution in [0.25, 0.3) is 10.8 Å². The number of halogens is 1. The van der Waals surface area contributed by atoms with Crippen molar-refractivity contribution in [3.8, 4) is 0 Å². The van der Waals surface area contributed by atoms with Gasteiger partial charge in [-0.1, -0.05) is 42.5 Å². The molecule has 188 valence electrons. The molecule has 3 amide bonds. The fraction of sp³-hybridized carbons (Fsp3) is 0.296. The lowest BCUT2D eigenvalue weighted by Gasteiger charge is -2.23. The maximum Gasteiger partial charge on any atom is 0.242 e. The highest BCUT2D eigenvalue weighted by Gasteiger charge is 2.25. The van der Waals surface area contributed by atoms with E-state index in [1.165, 1.54) is 28.8 Å². The number of nitrogens with one attached hydrogen (secondary N) is 2. The summed E-state index contributed by atoms with van der Waals surface area (Å²) >= 11 is 1.42. The van der Waals surface area contributed by atoms with E-state index in [-0.39, 0.29) is 43.0 Å². The molecule has 0 saturated heterocycles. The van der Waals surface area contributed by atoms with Gasteiger partial charge in [-0.2, -0.15) is 0 Å². The second-order valence-corrected chi connectivity index (χ2v) is 9.73. The molecular formula is C27H29FN4O3S. The molecule has 0 bridgehead atoms. The van der Waals surface area contributed by atoms with E-state index < -0.39 is 6.04 Å². The Morgan fingerprint density at radius 2 is 1.89 bits per heavy atom. The molecule has 0 radical (unpaired) electrons. The first-order chi connectivity index (χ1) is 17.4. The van der Waals surface area contributed by atoms with Crippen LogP contribution < -0.4 is 21.3 Å². The van der Waals surface area contributed by atoms with Gasteiger partial charge in [0, 0.05) is 49.5 Å². The Morgan fingerprint density at radius 3 is 2.69 bits per heavy atom. The number of hydrogen-bond donors (Lipinski definition) is 3. The van der Waals surface area contributed by atoms with Gasteiger partial charge in [0.1, 0.15) is 11.9 Å². The number of carbonyl (C=O) groups is 3. The maximum atomic E-state index is 13.7. The fourth-order valence-corrected chi connectivity index (χ4v) is 5.22. The lowest BCUT2D eigenvalue weighted by Crippen LogP contribution is -2.49. The van der Waals surface area contributed by atoms with Gasteiger partial charge in [-0.25, -0.2) is 4.39 Å². The van der Waals surface area contributed by atoms with Crippen LogP contribution in [0.5, 0.6) is 0 Å². The van der Waals surface area contributed by atoms with Gasteiger partial charge in [-0.15, -0.1) is 11.8 Å². The van der Waals surface area contributed by atoms with E-state index >= 15 is 0 Å². The van der Waals surface area contributed by atoms with Gasteiger partial charge in [0.15, 0.2) is 0 Å². The molecule has 0 unspecified atom stereocenters. The molecule has 1 atom stereocenters. The number of nitrogens with zero attached hydrogens (tertiary/aromatic N) is 1. The van der Waals surface area contributed by atoms with Crippen LogP contribution >= 0.6 is 11.8 Å². The van der Waals surface area contributed by atoms with Crippen molar-refractivity contribution >= 4 is 45.9 Å². The summed E-state index contributed by atoms with van der Waals surface area (Å²) in [6.45, 7) is 0.727. The summed E-state index contributed by atoms with van der Waals surface area (Å²) < 4.78 is 13.7. The number of fused-ring (bicyclic) bond motifs is 2. The van der Waals surface area contributed by atoms with Crippen LogP contribution in [0.1, 0.15) is 18.4 Å². The molecule has 0 fully saturated rings. The van der Waals surface area contributed by atoms with Crippen LogP contribution in [-0.2, 0) is 20.8 Å². The van der Waals surface area contributed by atoms with Crippen LogP contribution in [-0.4, -0.2) is 49.2 Å². The Kier molecular flexibility index (Phi) is 8.56. The number of nitrogens with two attached hydrogens (primary N) is 1. The third-order valence-electron chi connectivity index (χ3n) is 6.00. The van der Waals surface area contributed by atoms with Crippen LogP contribution in [0.4, 0.5) is 10.1 Å². The molecule has 1 heterocycles. The summed E-state index contributed by atoms with van der Waals surface area (Å²) in [7, 11) is 0. The van der Waals surface area contributed by atoms with Gasteiger partial charge < -0.3 is 21.3 Å². The highest BCUT2D eigenvalue weighted by Crippen LogP contribution is 2.34. The number of anilines is 1. The molecule has 1 aliphatic heterocycles. The Balaban J connectivity index is 1.45. The first-order valence-corrected chi connectivity index (χ1v) is 12.9. The minimum atomic E-state index is -0.790. The van der Waals surface area contributed by atoms with Gasteiger partial charge in [-0.3, -0.25) is 14.4 Å². The Labute approximate surface area is 213 Å². The second-order valence-electron chi connectivity index (χ2n) is 8.59. The molecule has 0 saturated carbocycles. The Morgan fingerprint density at radius 1 is 1.08 bits per heavy atom. The first-order valence-electron chi connectivity index (χ1n) is 11.9. The highest BCUT2D eigenvalue weighted by atomic mass is 32.2. The zero-order valence-corrected chi connectivity index (χ0v) is 20.7. The normalized spacial score (nSPS) is 14.2. The topological polar surface area (TPSA) is 105 Å². The van der Waals surface area contributed by atoms with E-state index in [4.69, 9.17) is 5.73 Å². The SMILES string of the molecule is NCCNC(=O)[C@@H](Cc1ccc2ccccc2c1)NC(=O)CCN1C(=O)CCSc2cc(F)ccc21. The van der Waals surface area contributed by atoms with Gasteiger partial charge in [-0.05, 0) is 34.5 Å². The first kappa shape index (κ1) is 25.7. The van der Waals surface area contributed by atoms with Crippen molar-refractivity contribution in [3.63, 3.8) is 0 Å². The van der Waals surface area contributed by atoms with E-state index in [1.54, 1.807) is 6.07 Å². The average molecular weight is 509 g/mol. The molecule has 7 nitrogen and oxygen atoms in total. The third kappa shape index (κ3) is 6.41. The van der Waals surface area contributed by atoms with Crippen molar-refractivity contribution in [3.05, 3.63) is 72.0 Å². The van der Waals surface area contributed by atoms with Gasteiger partial charge in [0.2, 0.25) is 17.7 Å². The molecule has 0 aliphatic carbocycles. The minimum Gasteiger partial charge on any atom is -0.353 e. The lowest BCUT2D eigenvalue weighted by atomic mass is 10.0. The number of hydrogen-bond acceptors (Lipinski definition) is 5. The van der Waals surface area contributed by atoms with Crippen molar-refractivity contribution in [1.29, 1.82) is 0 Å². The molecule has 0 aromatic heterocycles. The fourth-order valence-electron chi connectivity index (χ4n) is 4.20. The van der Waals surface area contributed by atoms with Gasteiger partial charge in [0.25, 0.3) is 0 Å². The smallest absolute Gasteiger partial charge is 0.242 e. The van der Waals surface area contributed by atoms with Crippen molar-refractivity contribution in [2.24, 2.45) is 5.73 Å². The van der Waals surface area contributed by atoms with Crippen molar-refractivity contribution in [2.75, 3.05) is 30.3 Å². The van der Waals surface area contributed by atoms with E-state index in [1.807, 2.05) is 42.5 Å². The largest absolute Gasteiger partial charge is 0.353 e. The van der Waals surface area contributed by atoms with Crippen molar-refractivity contribution < 1.29 is 18.8 Å². The average Bonchev–Trinajstić information content (AvgIpc) is 3.03. The number of benzene rings is 3. The molecule has 3 aromatic rings. The number of thioether (sulfide) groups is 1. The molecule has 1 aliphatic rings. The van der Waals surface area contributed by atoms with Gasteiger partial charge >= 0.3 is 0 Å². The number of amides is 3. The summed E-state index contributed by atoms with van der Waals surface area (Å²) in [6, 6.07) is 17.4. The molecule has 0 spiro atoms. The second kappa shape index (κ2) is 12.0. The van der Waals surface area contributed by atoms with E-state index in [0.29, 0.717) is 35.7 Å². The Bertz CT molecular complexity index is 1270. The molecule has 9 heteroatoms. The molecule has 3 aromatic carbocycles. The molecule has 4 N–H and O–H groups in total. The summed E-state index contributed by atoms with van der Waals surface area (Å²) in [5, 5.41) is 7.73. The number of carbonyl (C=O) groups excluding carboxylic acids is 3. The highest BCUT2D eigenvalue weighted by molar-refractivity contribution is 7.99. The van der Waals surface area contributed by atoms with E-state index in [9.17, 15) is 18.8 Å². The summed E-state index contributed by atoms with van der Waals surface area (Å²) in [6.07, 6.45) is 0.620. The number of rotatable bonds is 9. The lowest BCUT2D eigenvalue weighted by molar-refractivity contribution is -0.129. The zero-order chi connectivity index (χ0) is 25.5. The van der Waals surface area contributed by atoms with Crippen molar-refractivity contribution in [1.82, 2.24) is 10.6 Å². The van der Waals surface area contributed by atoms with Gasteiger partial charge in [0.05, 0.1) is 5.69 Å². The quantitative estimate of drug-likeness (QED) is 0.412. The van der Waals surface area contributed by atoms with Crippen molar-refractivity contribution in [2.45, 2.75) is 30.2 Å². The summed E-state index contributed by atoms with van der Waals surface area (Å²) in [5.74, 6) is -0.600. The monoisotopic (exact) mass is 508 g/mol. The van der Waals surface area contributed by atoms with E-state index in [0.717, 1.165) is 16.3 Å². The zero-order valence-electron chi connectivity index (χ0n) is 19.8.